The highest BCUT2D eigenvalue weighted by Gasteiger charge is 2.61. The van der Waals surface area contributed by atoms with Gasteiger partial charge in [0, 0.05) is 11.3 Å². The van der Waals surface area contributed by atoms with Gasteiger partial charge < -0.3 is 10.2 Å². The molecular formula is C30H40O2S. The van der Waals surface area contributed by atoms with Gasteiger partial charge >= 0.3 is 0 Å². The second-order valence-corrected chi connectivity index (χ2v) is 13.1. The lowest BCUT2D eigenvalue weighted by molar-refractivity contribution is -0.102. The molecule has 33 heavy (non-hydrogen) atoms. The van der Waals surface area contributed by atoms with Gasteiger partial charge in [0.1, 0.15) is 5.75 Å². The fraction of sp³-hybridized carbons (Fsp3) is 0.600. The molecule has 3 heteroatoms. The van der Waals surface area contributed by atoms with E-state index in [0.29, 0.717) is 23.5 Å². The van der Waals surface area contributed by atoms with Crippen molar-refractivity contribution in [2.75, 3.05) is 6.26 Å². The summed E-state index contributed by atoms with van der Waals surface area (Å²) >= 11 is 1.64. The van der Waals surface area contributed by atoms with Crippen molar-refractivity contribution in [2.45, 2.75) is 94.5 Å². The molecule has 0 radical (unpaired) electrons. The zero-order chi connectivity index (χ0) is 23.6. The first-order valence-corrected chi connectivity index (χ1v) is 14.0. The molecule has 5 rings (SSSR count). The van der Waals surface area contributed by atoms with Crippen LogP contribution in [0.5, 0.6) is 5.75 Å². The van der Waals surface area contributed by atoms with E-state index >= 15 is 0 Å². The van der Waals surface area contributed by atoms with E-state index < -0.39 is 5.60 Å². The van der Waals surface area contributed by atoms with Gasteiger partial charge in [-0.3, -0.25) is 0 Å². The van der Waals surface area contributed by atoms with E-state index in [9.17, 15) is 10.2 Å². The summed E-state index contributed by atoms with van der Waals surface area (Å²) < 4.78 is 0. The lowest BCUT2D eigenvalue weighted by atomic mass is 9.53. The van der Waals surface area contributed by atoms with Crippen LogP contribution < -0.4 is 0 Å². The Morgan fingerprint density at radius 2 is 1.76 bits per heavy atom. The van der Waals surface area contributed by atoms with Crippen molar-refractivity contribution in [3.05, 3.63) is 58.7 Å². The van der Waals surface area contributed by atoms with Crippen LogP contribution in [0.2, 0.25) is 0 Å². The Hall–Kier alpha value is -1.45. The second kappa shape index (κ2) is 8.05. The van der Waals surface area contributed by atoms with Crippen LogP contribution >= 0.6 is 11.8 Å². The molecule has 3 aliphatic rings. The van der Waals surface area contributed by atoms with Crippen LogP contribution in [0.4, 0.5) is 0 Å². The van der Waals surface area contributed by atoms with Gasteiger partial charge in [-0.2, -0.15) is 0 Å². The number of aliphatic hydroxyl groups is 1. The van der Waals surface area contributed by atoms with Gasteiger partial charge in [-0.1, -0.05) is 52.0 Å². The predicted molar refractivity (Wildman–Crippen MR) is 138 cm³/mol. The molecular weight excluding hydrogens is 424 g/mol. The minimum Gasteiger partial charge on any atom is -0.507 e. The number of benzene rings is 2. The average Bonchev–Trinajstić information content (AvgIpc) is 3.03. The third kappa shape index (κ3) is 3.74. The lowest BCUT2D eigenvalue weighted by Crippen LogP contribution is -2.51. The number of phenolic OH excluding ortho intramolecular Hbond substituents is 1. The quantitative estimate of drug-likeness (QED) is 0.470. The summed E-state index contributed by atoms with van der Waals surface area (Å²) in [7, 11) is 0. The van der Waals surface area contributed by atoms with Crippen molar-refractivity contribution >= 4 is 11.8 Å². The molecule has 3 unspecified atom stereocenters. The smallest absolute Gasteiger partial charge is 0.129 e. The summed E-state index contributed by atoms with van der Waals surface area (Å²) in [5.41, 5.74) is 4.96. The number of aromatic hydroxyl groups is 1. The fourth-order valence-electron chi connectivity index (χ4n) is 7.61. The number of phenols is 1. The molecule has 2 saturated carbocycles. The van der Waals surface area contributed by atoms with Gasteiger partial charge in [0.05, 0.1) is 5.60 Å². The van der Waals surface area contributed by atoms with Gasteiger partial charge in [-0.25, -0.2) is 0 Å². The summed E-state index contributed by atoms with van der Waals surface area (Å²) in [6, 6.07) is 13.3. The third-order valence-corrected chi connectivity index (χ3v) is 10.4. The number of hydrogen-bond donors (Lipinski definition) is 2. The third-order valence-electron chi connectivity index (χ3n) is 9.66. The van der Waals surface area contributed by atoms with E-state index in [-0.39, 0.29) is 10.8 Å². The lowest BCUT2D eigenvalue weighted by Gasteiger charge is -2.53. The molecule has 2 aromatic carbocycles. The largest absolute Gasteiger partial charge is 0.507 e. The van der Waals surface area contributed by atoms with E-state index in [2.05, 4.69) is 58.0 Å². The molecule has 2 fully saturated rings. The molecule has 0 heterocycles. The van der Waals surface area contributed by atoms with E-state index in [4.69, 9.17) is 0 Å². The van der Waals surface area contributed by atoms with Crippen LogP contribution in [-0.4, -0.2) is 22.1 Å². The minimum atomic E-state index is -0.619. The summed E-state index contributed by atoms with van der Waals surface area (Å²) in [6.45, 7) is 9.15. The maximum atomic E-state index is 12.1. The highest BCUT2D eigenvalue weighted by molar-refractivity contribution is 7.98. The number of rotatable bonds is 3. The monoisotopic (exact) mass is 464 g/mol. The number of hydrogen-bond acceptors (Lipinski definition) is 3. The normalized spacial score (nSPS) is 33.3. The number of aryl methyl sites for hydroxylation is 1. The highest BCUT2D eigenvalue weighted by Crippen LogP contribution is 2.65. The molecule has 5 atom stereocenters. The molecule has 0 aromatic heterocycles. The van der Waals surface area contributed by atoms with Crippen molar-refractivity contribution in [3.63, 3.8) is 0 Å². The summed E-state index contributed by atoms with van der Waals surface area (Å²) in [5, 5.41) is 22.5. The first-order valence-electron chi connectivity index (χ1n) is 12.8. The van der Waals surface area contributed by atoms with Crippen LogP contribution in [0, 0.1) is 17.3 Å². The zero-order valence-electron chi connectivity index (χ0n) is 20.9. The Labute approximate surface area is 204 Å². The van der Waals surface area contributed by atoms with Gasteiger partial charge in [-0.15, -0.1) is 11.8 Å². The van der Waals surface area contributed by atoms with Crippen molar-refractivity contribution < 1.29 is 10.2 Å². The average molecular weight is 465 g/mol. The zero-order valence-corrected chi connectivity index (χ0v) is 21.8. The summed E-state index contributed by atoms with van der Waals surface area (Å²) in [6.07, 6.45) is 9.34. The molecule has 3 aliphatic carbocycles. The Bertz CT molecular complexity index is 1040. The van der Waals surface area contributed by atoms with E-state index in [0.717, 1.165) is 43.4 Å². The molecule has 0 amide bonds. The first kappa shape index (κ1) is 23.3. The first-order chi connectivity index (χ1) is 15.6. The van der Waals surface area contributed by atoms with Gasteiger partial charge in [0.15, 0.2) is 0 Å². The minimum absolute atomic E-state index is 0.0202. The predicted octanol–water partition coefficient (Wildman–Crippen LogP) is 7.24. The molecule has 2 N–H and O–H groups in total. The molecule has 0 bridgehead atoms. The highest BCUT2D eigenvalue weighted by atomic mass is 32.2. The SMILES string of the molecule is CSc1cc2c(cc1O)CCC1C2CC[C@@]2(C)C1CC[C@@]2(O)Cc1ccc(C(C)(C)C)cc1. The topological polar surface area (TPSA) is 40.5 Å². The van der Waals surface area contributed by atoms with Crippen molar-refractivity contribution in [2.24, 2.45) is 17.3 Å². The van der Waals surface area contributed by atoms with Crippen molar-refractivity contribution in [1.82, 2.24) is 0 Å². The molecule has 2 nitrogen and oxygen atoms in total. The molecule has 2 aromatic rings. The molecule has 178 valence electrons. The Morgan fingerprint density at radius 1 is 1.03 bits per heavy atom. The maximum Gasteiger partial charge on any atom is 0.129 e. The Morgan fingerprint density at radius 3 is 2.42 bits per heavy atom. The van der Waals surface area contributed by atoms with Crippen LogP contribution in [0.25, 0.3) is 0 Å². The number of fused-ring (bicyclic) bond motifs is 5. The van der Waals surface area contributed by atoms with Crippen LogP contribution in [0.1, 0.15) is 88.0 Å². The second-order valence-electron chi connectivity index (χ2n) is 12.3. The maximum absolute atomic E-state index is 12.1. The molecule has 0 spiro atoms. The van der Waals surface area contributed by atoms with Gasteiger partial charge in [0.25, 0.3) is 0 Å². The van der Waals surface area contributed by atoms with E-state index in [1.165, 1.54) is 28.7 Å². The number of thioether (sulfide) groups is 1. The Kier molecular flexibility index (Phi) is 5.69. The summed E-state index contributed by atoms with van der Waals surface area (Å²) in [5.74, 6) is 2.24. The van der Waals surface area contributed by atoms with Crippen molar-refractivity contribution in [1.29, 1.82) is 0 Å². The van der Waals surface area contributed by atoms with Crippen molar-refractivity contribution in [3.8, 4) is 5.75 Å². The van der Waals surface area contributed by atoms with E-state index in [1.807, 2.05) is 12.3 Å². The standard InChI is InChI=1S/C30H40O2S/c1-28(2,3)21-9-6-19(7-10-21)18-30(32)15-13-25-23-11-8-20-16-26(31)27(33-5)17-24(20)22(23)12-14-29(25,30)4/h6-7,9-10,16-17,22-23,25,31-32H,8,11-15,18H2,1-5H3/t22?,23?,25?,29-,30+/m0/s1. The van der Waals surface area contributed by atoms with Gasteiger partial charge in [-0.05, 0) is 108 Å². The summed E-state index contributed by atoms with van der Waals surface area (Å²) in [4.78, 5) is 1.00. The van der Waals surface area contributed by atoms with Crippen LogP contribution in [-0.2, 0) is 18.3 Å². The van der Waals surface area contributed by atoms with Crippen LogP contribution in [0.15, 0.2) is 41.3 Å². The molecule has 0 saturated heterocycles. The van der Waals surface area contributed by atoms with Crippen LogP contribution in [0.3, 0.4) is 0 Å². The Balaban J connectivity index is 1.40. The van der Waals surface area contributed by atoms with E-state index in [1.54, 1.807) is 11.8 Å². The fourth-order valence-corrected chi connectivity index (χ4v) is 8.12. The van der Waals surface area contributed by atoms with Gasteiger partial charge in [0.2, 0.25) is 0 Å². The molecule has 0 aliphatic heterocycles.